The number of aromatic nitrogens is 1. The minimum atomic E-state index is 0.607. The number of benzene rings is 1. The number of nitrogens with two attached hydrogens (primary N) is 1. The fourth-order valence-corrected chi connectivity index (χ4v) is 1.43. The molecule has 0 aliphatic rings. The van der Waals surface area contributed by atoms with Gasteiger partial charge in [0.1, 0.15) is 0 Å². The highest BCUT2D eigenvalue weighted by Gasteiger charge is 2.08. The maximum atomic E-state index is 6.00. The number of oxazole rings is 1. The van der Waals surface area contributed by atoms with Gasteiger partial charge in [-0.1, -0.05) is 11.6 Å². The van der Waals surface area contributed by atoms with Crippen molar-refractivity contribution in [2.75, 3.05) is 5.73 Å². The summed E-state index contributed by atoms with van der Waals surface area (Å²) in [5, 5.41) is 0.607. The second kappa shape index (κ2) is 3.35. The van der Waals surface area contributed by atoms with E-state index >= 15 is 0 Å². The monoisotopic (exact) mass is 208 g/mol. The van der Waals surface area contributed by atoms with Crippen LogP contribution in [0.5, 0.6) is 0 Å². The Balaban J connectivity index is 2.55. The Kier molecular flexibility index (Phi) is 2.17. The third kappa shape index (κ3) is 1.59. The zero-order valence-electron chi connectivity index (χ0n) is 7.62. The van der Waals surface area contributed by atoms with Crippen molar-refractivity contribution in [3.63, 3.8) is 0 Å². The highest BCUT2D eigenvalue weighted by Crippen LogP contribution is 2.29. The number of aryl methyl sites for hydroxylation is 1. The lowest BCUT2D eigenvalue weighted by Gasteiger charge is -2.00. The largest absolute Gasteiger partial charge is 0.441 e. The predicted molar refractivity (Wildman–Crippen MR) is 56.1 cm³/mol. The first-order valence-corrected chi connectivity index (χ1v) is 4.52. The number of anilines is 1. The Bertz CT molecular complexity index is 465. The van der Waals surface area contributed by atoms with Crippen molar-refractivity contribution in [1.82, 2.24) is 4.98 Å². The summed E-state index contributed by atoms with van der Waals surface area (Å²) in [6.45, 7) is 1.78. The van der Waals surface area contributed by atoms with Gasteiger partial charge in [0.25, 0.3) is 0 Å². The number of hydrogen-bond donors (Lipinski definition) is 1. The summed E-state index contributed by atoms with van der Waals surface area (Å²) in [7, 11) is 0. The molecular formula is C10H9ClN2O. The summed E-state index contributed by atoms with van der Waals surface area (Å²) >= 11 is 6.00. The first-order valence-electron chi connectivity index (χ1n) is 4.14. The van der Waals surface area contributed by atoms with Crippen LogP contribution in [0.15, 0.2) is 28.8 Å². The molecule has 0 amide bonds. The highest BCUT2D eigenvalue weighted by molar-refractivity contribution is 6.33. The van der Waals surface area contributed by atoms with Crippen LogP contribution >= 0.6 is 11.6 Å². The van der Waals surface area contributed by atoms with Crippen LogP contribution in [0.4, 0.5) is 5.69 Å². The molecule has 0 fully saturated rings. The molecule has 2 rings (SSSR count). The molecule has 0 radical (unpaired) electrons. The van der Waals surface area contributed by atoms with E-state index < -0.39 is 0 Å². The Labute approximate surface area is 86.5 Å². The van der Waals surface area contributed by atoms with Crippen LogP contribution in [-0.4, -0.2) is 4.98 Å². The van der Waals surface area contributed by atoms with Crippen molar-refractivity contribution in [2.24, 2.45) is 0 Å². The number of hydrogen-bond acceptors (Lipinski definition) is 3. The number of nitrogens with zero attached hydrogens (tertiary/aromatic N) is 1. The van der Waals surface area contributed by atoms with Crippen LogP contribution in [0.2, 0.25) is 5.02 Å². The minimum absolute atomic E-state index is 0.607. The second-order valence-electron chi connectivity index (χ2n) is 2.98. The van der Waals surface area contributed by atoms with E-state index in [0.29, 0.717) is 22.4 Å². The molecule has 2 aromatic rings. The maximum absolute atomic E-state index is 6.00. The van der Waals surface area contributed by atoms with Crippen molar-refractivity contribution in [2.45, 2.75) is 6.92 Å². The van der Waals surface area contributed by atoms with Crippen LogP contribution in [0, 0.1) is 6.92 Å². The van der Waals surface area contributed by atoms with E-state index in [1.165, 1.54) is 0 Å². The van der Waals surface area contributed by atoms with Crippen molar-refractivity contribution in [3.05, 3.63) is 35.3 Å². The maximum Gasteiger partial charge on any atom is 0.191 e. The molecule has 1 heterocycles. The summed E-state index contributed by atoms with van der Waals surface area (Å²) in [6, 6.07) is 5.25. The molecule has 0 aliphatic heterocycles. The molecule has 1 aromatic heterocycles. The molecule has 0 bridgehead atoms. The van der Waals surface area contributed by atoms with E-state index in [1.807, 2.05) is 0 Å². The smallest absolute Gasteiger partial charge is 0.191 e. The number of nitrogen functional groups attached to an aromatic ring is 1. The SMILES string of the molecule is Cc1ncc(-c2cc(N)ccc2Cl)o1. The number of rotatable bonds is 1. The minimum Gasteiger partial charge on any atom is -0.441 e. The molecule has 72 valence electrons. The van der Waals surface area contributed by atoms with Gasteiger partial charge in [-0.3, -0.25) is 0 Å². The summed E-state index contributed by atoms with van der Waals surface area (Å²) < 4.78 is 5.35. The Hall–Kier alpha value is -1.48. The van der Waals surface area contributed by atoms with E-state index in [9.17, 15) is 0 Å². The van der Waals surface area contributed by atoms with Crippen LogP contribution in [0.25, 0.3) is 11.3 Å². The molecule has 4 heteroatoms. The van der Waals surface area contributed by atoms with Crippen LogP contribution in [0.3, 0.4) is 0 Å². The van der Waals surface area contributed by atoms with E-state index in [-0.39, 0.29) is 0 Å². The van der Waals surface area contributed by atoms with E-state index in [1.54, 1.807) is 31.3 Å². The molecule has 0 unspecified atom stereocenters. The molecule has 0 spiro atoms. The van der Waals surface area contributed by atoms with E-state index in [4.69, 9.17) is 21.8 Å². The third-order valence-corrected chi connectivity index (χ3v) is 2.21. The quantitative estimate of drug-likeness (QED) is 0.734. The van der Waals surface area contributed by atoms with Crippen LogP contribution < -0.4 is 5.73 Å². The first kappa shape index (κ1) is 9.09. The molecule has 0 saturated heterocycles. The Morgan fingerprint density at radius 3 is 2.86 bits per heavy atom. The molecule has 3 nitrogen and oxygen atoms in total. The van der Waals surface area contributed by atoms with Gasteiger partial charge in [0, 0.05) is 18.2 Å². The lowest BCUT2D eigenvalue weighted by Crippen LogP contribution is -1.85. The van der Waals surface area contributed by atoms with Crippen molar-refractivity contribution in [1.29, 1.82) is 0 Å². The van der Waals surface area contributed by atoms with Gasteiger partial charge in [-0.15, -0.1) is 0 Å². The van der Waals surface area contributed by atoms with Crippen LogP contribution in [-0.2, 0) is 0 Å². The lowest BCUT2D eigenvalue weighted by molar-refractivity contribution is 0.534. The van der Waals surface area contributed by atoms with Crippen LogP contribution in [0.1, 0.15) is 5.89 Å². The van der Waals surface area contributed by atoms with Gasteiger partial charge < -0.3 is 10.2 Å². The molecule has 0 atom stereocenters. The predicted octanol–water partition coefficient (Wildman–Crippen LogP) is 2.89. The zero-order valence-corrected chi connectivity index (χ0v) is 8.38. The van der Waals surface area contributed by atoms with Gasteiger partial charge in [0.05, 0.1) is 11.2 Å². The molecule has 14 heavy (non-hydrogen) atoms. The first-order chi connectivity index (χ1) is 6.66. The van der Waals surface area contributed by atoms with Crippen molar-refractivity contribution >= 4 is 17.3 Å². The summed E-state index contributed by atoms with van der Waals surface area (Å²) in [6.07, 6.45) is 1.63. The topological polar surface area (TPSA) is 52.0 Å². The van der Waals surface area contributed by atoms with Crippen molar-refractivity contribution in [3.8, 4) is 11.3 Å². The van der Waals surface area contributed by atoms with E-state index in [2.05, 4.69) is 4.98 Å². The van der Waals surface area contributed by atoms with Gasteiger partial charge in [0.15, 0.2) is 11.7 Å². The Morgan fingerprint density at radius 1 is 1.43 bits per heavy atom. The average molecular weight is 209 g/mol. The zero-order chi connectivity index (χ0) is 10.1. The van der Waals surface area contributed by atoms with Gasteiger partial charge in [-0.2, -0.15) is 0 Å². The second-order valence-corrected chi connectivity index (χ2v) is 3.39. The van der Waals surface area contributed by atoms with Gasteiger partial charge in [-0.05, 0) is 18.2 Å². The molecule has 0 saturated carbocycles. The standard InChI is InChI=1S/C10H9ClN2O/c1-6-13-5-10(14-6)8-4-7(12)2-3-9(8)11/h2-5H,12H2,1H3. The van der Waals surface area contributed by atoms with Crippen molar-refractivity contribution < 1.29 is 4.42 Å². The van der Waals surface area contributed by atoms with Gasteiger partial charge in [-0.25, -0.2) is 4.98 Å². The molecular weight excluding hydrogens is 200 g/mol. The summed E-state index contributed by atoms with van der Waals surface area (Å²) in [4.78, 5) is 4.00. The van der Waals surface area contributed by atoms with Gasteiger partial charge >= 0.3 is 0 Å². The molecule has 2 N–H and O–H groups in total. The average Bonchev–Trinajstić information content (AvgIpc) is 2.56. The fourth-order valence-electron chi connectivity index (χ4n) is 1.22. The summed E-state index contributed by atoms with van der Waals surface area (Å²) in [5.41, 5.74) is 7.07. The van der Waals surface area contributed by atoms with Gasteiger partial charge in [0.2, 0.25) is 0 Å². The third-order valence-electron chi connectivity index (χ3n) is 1.88. The summed E-state index contributed by atoms with van der Waals surface area (Å²) in [5.74, 6) is 1.25. The molecule has 0 aliphatic carbocycles. The Morgan fingerprint density at radius 2 is 2.21 bits per heavy atom. The number of halogens is 1. The molecule has 1 aromatic carbocycles. The highest BCUT2D eigenvalue weighted by atomic mass is 35.5. The normalized spacial score (nSPS) is 10.4. The van der Waals surface area contributed by atoms with E-state index in [0.717, 1.165) is 5.56 Å². The lowest BCUT2D eigenvalue weighted by atomic mass is 10.1. The fraction of sp³-hybridized carbons (Fsp3) is 0.100.